The Labute approximate surface area is 147 Å². The Morgan fingerprint density at radius 3 is 2.75 bits per heavy atom. The molecule has 1 aliphatic rings. The van der Waals surface area contributed by atoms with Gasteiger partial charge in [0, 0.05) is 23.4 Å². The van der Waals surface area contributed by atoms with Crippen molar-refractivity contribution >= 4 is 47.1 Å². The van der Waals surface area contributed by atoms with Gasteiger partial charge in [-0.05, 0) is 36.5 Å². The van der Waals surface area contributed by atoms with Crippen LogP contribution in [-0.4, -0.2) is 21.0 Å². The Balaban J connectivity index is 1.83. The van der Waals surface area contributed by atoms with Crippen LogP contribution in [0.1, 0.15) is 10.4 Å². The zero-order chi connectivity index (χ0) is 16.7. The summed E-state index contributed by atoms with van der Waals surface area (Å²) in [6.45, 7) is 0. The number of hydrogen-bond acceptors (Lipinski definition) is 5. The van der Waals surface area contributed by atoms with E-state index in [4.69, 9.17) is 12.2 Å². The molecule has 0 fully saturated rings. The first-order valence-electron chi connectivity index (χ1n) is 7.23. The average Bonchev–Trinajstić information content (AvgIpc) is 3.09. The number of aliphatic imine (C=N–C) groups is 1. The lowest BCUT2D eigenvalue weighted by atomic mass is 10.1. The molecule has 0 aliphatic carbocycles. The highest BCUT2D eigenvalue weighted by Crippen LogP contribution is 2.37. The van der Waals surface area contributed by atoms with E-state index in [0.29, 0.717) is 14.5 Å². The number of nitrogens with zero attached hydrogens (tertiary/aromatic N) is 2. The third kappa shape index (κ3) is 2.46. The summed E-state index contributed by atoms with van der Waals surface area (Å²) in [6.07, 6.45) is 3.66. The molecule has 1 aliphatic heterocycles. The fourth-order valence-corrected chi connectivity index (χ4v) is 3.93. The second-order valence-corrected chi connectivity index (χ2v) is 6.96. The third-order valence-corrected chi connectivity index (χ3v) is 5.05. The van der Waals surface area contributed by atoms with Crippen LogP contribution >= 0.6 is 23.6 Å². The van der Waals surface area contributed by atoms with Gasteiger partial charge in [-0.25, -0.2) is 0 Å². The number of hydrogen-bond donors (Lipinski definition) is 2. The van der Waals surface area contributed by atoms with Gasteiger partial charge in [0.25, 0.3) is 0 Å². The predicted octanol–water partition coefficient (Wildman–Crippen LogP) is 4.94. The van der Waals surface area contributed by atoms with Gasteiger partial charge in [-0.15, -0.1) is 11.3 Å². The molecule has 0 saturated carbocycles. The van der Waals surface area contributed by atoms with Crippen LogP contribution in [0.15, 0.2) is 53.5 Å². The van der Waals surface area contributed by atoms with Gasteiger partial charge in [-0.3, -0.25) is 9.56 Å². The van der Waals surface area contributed by atoms with Crippen LogP contribution in [0, 0.1) is 3.95 Å². The van der Waals surface area contributed by atoms with E-state index in [1.165, 1.54) is 11.3 Å². The minimum absolute atomic E-state index is 0.0564. The molecule has 24 heavy (non-hydrogen) atoms. The molecule has 6 heteroatoms. The second-order valence-electron chi connectivity index (χ2n) is 5.29. The van der Waals surface area contributed by atoms with E-state index in [-0.39, 0.29) is 11.6 Å². The number of thiazole rings is 1. The first-order valence-corrected chi connectivity index (χ1v) is 8.45. The van der Waals surface area contributed by atoms with Crippen molar-refractivity contribution < 1.29 is 10.2 Å². The van der Waals surface area contributed by atoms with E-state index in [9.17, 15) is 10.2 Å². The molecule has 3 aromatic rings. The summed E-state index contributed by atoms with van der Waals surface area (Å²) in [5.41, 5.74) is 3.50. The van der Waals surface area contributed by atoms with Crippen molar-refractivity contribution in [3.8, 4) is 17.3 Å². The maximum absolute atomic E-state index is 10.6. The lowest BCUT2D eigenvalue weighted by Gasteiger charge is -2.05. The van der Waals surface area contributed by atoms with Crippen molar-refractivity contribution in [2.75, 3.05) is 0 Å². The van der Waals surface area contributed by atoms with Crippen molar-refractivity contribution in [3.05, 3.63) is 62.9 Å². The standard InChI is InChI=1S/C18H12N2O2S2/c21-13-5-3-4-12(9-13)20-17(22)16(24-18(20)23)8-11-10-19-15-7-2-1-6-14(11)15/h1-10,21-22H. The second kappa shape index (κ2) is 5.74. The highest BCUT2D eigenvalue weighted by atomic mass is 32.1. The lowest BCUT2D eigenvalue weighted by molar-refractivity contribution is 0.440. The number of benzene rings is 2. The van der Waals surface area contributed by atoms with E-state index >= 15 is 0 Å². The number of phenolic OH excluding ortho intramolecular Hbond substituents is 1. The molecule has 0 spiro atoms. The average molecular weight is 352 g/mol. The van der Waals surface area contributed by atoms with Gasteiger partial charge in [0.2, 0.25) is 5.88 Å². The molecule has 4 nitrogen and oxygen atoms in total. The summed E-state index contributed by atoms with van der Waals surface area (Å²) < 4.78 is 2.05. The molecule has 118 valence electrons. The summed E-state index contributed by atoms with van der Waals surface area (Å²) >= 11 is 6.69. The molecule has 0 saturated heterocycles. The highest BCUT2D eigenvalue weighted by molar-refractivity contribution is 7.73. The zero-order valence-corrected chi connectivity index (χ0v) is 14.0. The number of para-hydroxylation sites is 1. The van der Waals surface area contributed by atoms with Crippen molar-refractivity contribution in [2.24, 2.45) is 4.99 Å². The SMILES string of the molecule is Oc1cccc(-n2c(O)c(C=C3C=Nc4ccccc43)sc2=S)c1. The van der Waals surface area contributed by atoms with Gasteiger partial charge >= 0.3 is 0 Å². The van der Waals surface area contributed by atoms with Crippen molar-refractivity contribution in [2.45, 2.75) is 0 Å². The topological polar surface area (TPSA) is 57.8 Å². The van der Waals surface area contributed by atoms with E-state index in [2.05, 4.69) is 4.99 Å². The Kier molecular flexibility index (Phi) is 3.55. The van der Waals surface area contributed by atoms with Gasteiger partial charge < -0.3 is 10.2 Å². The number of phenols is 1. The summed E-state index contributed by atoms with van der Waals surface area (Å²) in [5.74, 6) is 0.178. The van der Waals surface area contributed by atoms with E-state index in [0.717, 1.165) is 16.8 Å². The van der Waals surface area contributed by atoms with Crippen LogP contribution in [0.4, 0.5) is 5.69 Å². The minimum atomic E-state index is 0.0564. The number of allylic oxidation sites excluding steroid dienone is 1. The molecular weight excluding hydrogens is 340 g/mol. The molecule has 0 radical (unpaired) electrons. The van der Waals surface area contributed by atoms with E-state index in [1.807, 2.05) is 30.3 Å². The molecule has 4 rings (SSSR count). The summed E-state index contributed by atoms with van der Waals surface area (Å²) in [5, 5.41) is 20.2. The maximum Gasteiger partial charge on any atom is 0.215 e. The largest absolute Gasteiger partial charge is 0.508 e. The Morgan fingerprint density at radius 1 is 1.08 bits per heavy atom. The van der Waals surface area contributed by atoms with Crippen molar-refractivity contribution in [3.63, 3.8) is 0 Å². The van der Waals surface area contributed by atoms with Crippen LogP contribution in [-0.2, 0) is 0 Å². The third-order valence-electron chi connectivity index (χ3n) is 3.74. The summed E-state index contributed by atoms with van der Waals surface area (Å²) in [7, 11) is 0. The van der Waals surface area contributed by atoms with Crippen LogP contribution in [0.2, 0.25) is 0 Å². The zero-order valence-electron chi connectivity index (χ0n) is 12.4. The molecule has 2 N–H and O–H groups in total. The van der Waals surface area contributed by atoms with Crippen molar-refractivity contribution in [1.82, 2.24) is 4.57 Å². The molecule has 0 bridgehead atoms. The fraction of sp³-hybridized carbons (Fsp3) is 0. The van der Waals surface area contributed by atoms with Gasteiger partial charge in [0.15, 0.2) is 3.95 Å². The van der Waals surface area contributed by atoms with Crippen LogP contribution in [0.5, 0.6) is 11.6 Å². The lowest BCUT2D eigenvalue weighted by Crippen LogP contribution is -1.92. The maximum atomic E-state index is 10.6. The minimum Gasteiger partial charge on any atom is -0.508 e. The van der Waals surface area contributed by atoms with Gasteiger partial charge in [0.05, 0.1) is 16.3 Å². The van der Waals surface area contributed by atoms with E-state index < -0.39 is 0 Å². The molecule has 0 atom stereocenters. The Bertz CT molecular complexity index is 1060. The first kappa shape index (κ1) is 14.9. The molecule has 0 unspecified atom stereocenters. The molecule has 2 heterocycles. The van der Waals surface area contributed by atoms with Crippen LogP contribution < -0.4 is 0 Å². The summed E-state index contributed by atoms with van der Waals surface area (Å²) in [6, 6.07) is 14.5. The smallest absolute Gasteiger partial charge is 0.215 e. The number of fused-ring (bicyclic) bond motifs is 1. The molecular formula is C18H12N2O2S2. The van der Waals surface area contributed by atoms with Gasteiger partial charge in [-0.1, -0.05) is 24.3 Å². The predicted molar refractivity (Wildman–Crippen MR) is 100 cm³/mol. The summed E-state index contributed by atoms with van der Waals surface area (Å²) in [4.78, 5) is 5.02. The van der Waals surface area contributed by atoms with Gasteiger partial charge in [-0.2, -0.15) is 0 Å². The van der Waals surface area contributed by atoms with Crippen LogP contribution in [0.3, 0.4) is 0 Å². The molecule has 0 amide bonds. The quantitative estimate of drug-likeness (QED) is 0.643. The molecule has 1 aromatic heterocycles. The van der Waals surface area contributed by atoms with Crippen LogP contribution in [0.25, 0.3) is 17.3 Å². The first-order chi connectivity index (χ1) is 11.6. The monoisotopic (exact) mass is 352 g/mol. The Morgan fingerprint density at radius 2 is 1.92 bits per heavy atom. The number of aromatic hydroxyl groups is 2. The van der Waals surface area contributed by atoms with Gasteiger partial charge in [0.1, 0.15) is 5.75 Å². The number of aromatic nitrogens is 1. The molecule has 2 aromatic carbocycles. The Hall–Kier alpha value is -2.70. The van der Waals surface area contributed by atoms with E-state index in [1.54, 1.807) is 35.0 Å². The fourth-order valence-electron chi connectivity index (χ4n) is 2.63. The normalized spacial score (nSPS) is 14.2. The highest BCUT2D eigenvalue weighted by Gasteiger charge is 2.16. The number of rotatable bonds is 2. The van der Waals surface area contributed by atoms with Crippen molar-refractivity contribution in [1.29, 1.82) is 0 Å².